The van der Waals surface area contributed by atoms with Crippen molar-refractivity contribution in [3.8, 4) is 0 Å². The first-order valence-electron chi connectivity index (χ1n) is 6.32. The molecule has 1 rings (SSSR count). The first kappa shape index (κ1) is 15.9. The van der Waals surface area contributed by atoms with Crippen LogP contribution in [0.15, 0.2) is 18.2 Å². The molecule has 0 radical (unpaired) electrons. The van der Waals surface area contributed by atoms with Gasteiger partial charge in [-0.05, 0) is 37.4 Å². The van der Waals surface area contributed by atoms with E-state index < -0.39 is 12.0 Å². The maximum atomic E-state index is 13.5. The summed E-state index contributed by atoms with van der Waals surface area (Å²) < 4.78 is 13.5. The third-order valence-corrected chi connectivity index (χ3v) is 3.32. The van der Waals surface area contributed by atoms with Crippen LogP contribution >= 0.6 is 11.6 Å². The van der Waals surface area contributed by atoms with Crippen LogP contribution in [0.2, 0.25) is 5.02 Å². The zero-order valence-electron chi connectivity index (χ0n) is 11.1. The molecule has 106 valence electrons. The highest BCUT2D eigenvalue weighted by Crippen LogP contribution is 2.20. The Morgan fingerprint density at radius 1 is 1.47 bits per heavy atom. The van der Waals surface area contributed by atoms with E-state index in [4.69, 9.17) is 16.7 Å². The molecule has 0 aliphatic carbocycles. The predicted octanol–water partition coefficient (Wildman–Crippen LogP) is 3.11. The number of rotatable bonds is 7. The normalized spacial score (nSPS) is 12.7. The minimum Gasteiger partial charge on any atom is -0.480 e. The van der Waals surface area contributed by atoms with Gasteiger partial charge in [0, 0.05) is 10.6 Å². The molecule has 0 heterocycles. The molecule has 0 bridgehead atoms. The molecule has 19 heavy (non-hydrogen) atoms. The summed E-state index contributed by atoms with van der Waals surface area (Å²) in [7, 11) is 0. The van der Waals surface area contributed by atoms with Crippen molar-refractivity contribution < 1.29 is 14.3 Å². The molecule has 0 aliphatic rings. The van der Waals surface area contributed by atoms with Crippen molar-refractivity contribution in [2.75, 3.05) is 6.54 Å². The standard InChI is InChI=1S/C14H19ClFNO2/c1-9(2)13(14(18)19)17-8-4-5-10-11(15)6-3-7-12(10)16/h3,6-7,9,13,17H,4-5,8H2,1-2H3,(H,18,19)/t13-/m0/s1. The fourth-order valence-corrected chi connectivity index (χ4v) is 2.16. The quantitative estimate of drug-likeness (QED) is 0.758. The lowest BCUT2D eigenvalue weighted by molar-refractivity contribution is -0.140. The second-order valence-corrected chi connectivity index (χ2v) is 5.23. The van der Waals surface area contributed by atoms with Gasteiger partial charge in [0.05, 0.1) is 0 Å². The lowest BCUT2D eigenvalue weighted by Gasteiger charge is -2.17. The van der Waals surface area contributed by atoms with Crippen LogP contribution in [0.4, 0.5) is 4.39 Å². The zero-order chi connectivity index (χ0) is 14.4. The van der Waals surface area contributed by atoms with E-state index in [2.05, 4.69) is 5.32 Å². The van der Waals surface area contributed by atoms with Gasteiger partial charge >= 0.3 is 5.97 Å². The maximum absolute atomic E-state index is 13.5. The van der Waals surface area contributed by atoms with Crippen LogP contribution in [-0.2, 0) is 11.2 Å². The molecule has 0 aliphatic heterocycles. The summed E-state index contributed by atoms with van der Waals surface area (Å²) in [5.41, 5.74) is 0.488. The average Bonchev–Trinajstić information content (AvgIpc) is 2.31. The average molecular weight is 288 g/mol. The molecule has 1 aromatic carbocycles. The van der Waals surface area contributed by atoms with E-state index in [1.54, 1.807) is 12.1 Å². The smallest absolute Gasteiger partial charge is 0.320 e. The van der Waals surface area contributed by atoms with Crippen LogP contribution in [0.3, 0.4) is 0 Å². The van der Waals surface area contributed by atoms with Crippen LogP contribution in [0.5, 0.6) is 0 Å². The molecule has 0 saturated heterocycles. The van der Waals surface area contributed by atoms with E-state index in [9.17, 15) is 9.18 Å². The molecule has 0 spiro atoms. The van der Waals surface area contributed by atoms with Gasteiger partial charge in [0.2, 0.25) is 0 Å². The number of benzene rings is 1. The Hall–Kier alpha value is -1.13. The molecule has 0 unspecified atom stereocenters. The second-order valence-electron chi connectivity index (χ2n) is 4.82. The van der Waals surface area contributed by atoms with Gasteiger partial charge in [0.1, 0.15) is 11.9 Å². The number of carbonyl (C=O) groups is 1. The fraction of sp³-hybridized carbons (Fsp3) is 0.500. The van der Waals surface area contributed by atoms with Gasteiger partial charge in [-0.1, -0.05) is 31.5 Å². The summed E-state index contributed by atoms with van der Waals surface area (Å²) in [5, 5.41) is 12.4. The lowest BCUT2D eigenvalue weighted by atomic mass is 10.0. The number of hydrogen-bond acceptors (Lipinski definition) is 2. The molecule has 1 atom stereocenters. The third-order valence-electron chi connectivity index (χ3n) is 2.96. The summed E-state index contributed by atoms with van der Waals surface area (Å²) in [6.45, 7) is 4.21. The first-order valence-corrected chi connectivity index (χ1v) is 6.70. The van der Waals surface area contributed by atoms with Crippen LogP contribution < -0.4 is 5.32 Å². The van der Waals surface area contributed by atoms with Gasteiger partial charge in [0.25, 0.3) is 0 Å². The Labute approximate surface area is 117 Å². The number of halogens is 2. The molecule has 1 aromatic rings. The molecular weight excluding hydrogens is 269 g/mol. The van der Waals surface area contributed by atoms with E-state index >= 15 is 0 Å². The number of hydrogen-bond donors (Lipinski definition) is 2. The van der Waals surface area contributed by atoms with Crippen molar-refractivity contribution in [2.24, 2.45) is 5.92 Å². The summed E-state index contributed by atoms with van der Waals surface area (Å²) in [4.78, 5) is 11.0. The van der Waals surface area contributed by atoms with Gasteiger partial charge in [-0.15, -0.1) is 0 Å². The molecule has 0 aromatic heterocycles. The number of aliphatic carboxylic acids is 1. The Bertz CT molecular complexity index is 417. The number of carboxylic acid groups (broad SMARTS) is 1. The fourth-order valence-electron chi connectivity index (χ4n) is 1.90. The topological polar surface area (TPSA) is 49.3 Å². The monoisotopic (exact) mass is 287 g/mol. The summed E-state index contributed by atoms with van der Waals surface area (Å²) in [6.07, 6.45) is 1.13. The van der Waals surface area contributed by atoms with Crippen molar-refractivity contribution in [3.05, 3.63) is 34.6 Å². The minimum absolute atomic E-state index is 0.00884. The summed E-state index contributed by atoms with van der Waals surface area (Å²) in [5.74, 6) is -1.17. The van der Waals surface area contributed by atoms with E-state index in [0.29, 0.717) is 30.0 Å². The molecule has 0 fully saturated rings. The van der Waals surface area contributed by atoms with Crippen LogP contribution in [0, 0.1) is 11.7 Å². The molecule has 2 N–H and O–H groups in total. The Morgan fingerprint density at radius 3 is 2.68 bits per heavy atom. The van der Waals surface area contributed by atoms with E-state index in [1.165, 1.54) is 6.07 Å². The van der Waals surface area contributed by atoms with Crippen molar-refractivity contribution in [1.82, 2.24) is 5.32 Å². The van der Waals surface area contributed by atoms with Crippen molar-refractivity contribution in [1.29, 1.82) is 0 Å². The molecule has 5 heteroatoms. The summed E-state index contributed by atoms with van der Waals surface area (Å²) >= 11 is 5.92. The Balaban J connectivity index is 2.45. The van der Waals surface area contributed by atoms with E-state index in [0.717, 1.165) is 0 Å². The maximum Gasteiger partial charge on any atom is 0.320 e. The zero-order valence-corrected chi connectivity index (χ0v) is 11.9. The number of nitrogens with one attached hydrogen (secondary N) is 1. The highest BCUT2D eigenvalue weighted by atomic mass is 35.5. The Kier molecular flexibility index (Phi) is 6.25. The van der Waals surface area contributed by atoms with E-state index in [1.807, 2.05) is 13.8 Å². The van der Waals surface area contributed by atoms with Gasteiger partial charge in [-0.2, -0.15) is 0 Å². The molecule has 0 saturated carbocycles. The van der Waals surface area contributed by atoms with Gasteiger partial charge in [-0.25, -0.2) is 4.39 Å². The van der Waals surface area contributed by atoms with Crippen molar-refractivity contribution in [2.45, 2.75) is 32.7 Å². The minimum atomic E-state index is -0.862. The predicted molar refractivity (Wildman–Crippen MR) is 74.0 cm³/mol. The highest BCUT2D eigenvalue weighted by Gasteiger charge is 2.20. The third kappa shape index (κ3) is 4.80. The number of carboxylic acids is 1. The highest BCUT2D eigenvalue weighted by molar-refractivity contribution is 6.31. The SMILES string of the molecule is CC(C)[C@H](NCCCc1c(F)cccc1Cl)C(=O)O. The molecule has 0 amide bonds. The van der Waals surface area contributed by atoms with Crippen molar-refractivity contribution in [3.63, 3.8) is 0 Å². The van der Waals surface area contributed by atoms with E-state index in [-0.39, 0.29) is 11.7 Å². The summed E-state index contributed by atoms with van der Waals surface area (Å²) in [6, 6.07) is 4.03. The van der Waals surface area contributed by atoms with Crippen molar-refractivity contribution >= 4 is 17.6 Å². The molecular formula is C14H19ClFNO2. The lowest BCUT2D eigenvalue weighted by Crippen LogP contribution is -2.41. The second kappa shape index (κ2) is 7.46. The Morgan fingerprint density at radius 2 is 2.16 bits per heavy atom. The van der Waals surface area contributed by atoms with Crippen LogP contribution in [0.1, 0.15) is 25.8 Å². The van der Waals surface area contributed by atoms with Gasteiger partial charge in [-0.3, -0.25) is 4.79 Å². The van der Waals surface area contributed by atoms with Gasteiger partial charge < -0.3 is 10.4 Å². The van der Waals surface area contributed by atoms with Crippen LogP contribution in [0.25, 0.3) is 0 Å². The largest absolute Gasteiger partial charge is 0.480 e. The van der Waals surface area contributed by atoms with Crippen LogP contribution in [-0.4, -0.2) is 23.7 Å². The van der Waals surface area contributed by atoms with Gasteiger partial charge in [0.15, 0.2) is 0 Å². The first-order chi connectivity index (χ1) is 8.93. The molecule has 3 nitrogen and oxygen atoms in total.